The van der Waals surface area contributed by atoms with Crippen molar-refractivity contribution in [2.75, 3.05) is 32.8 Å². The molecule has 4 fully saturated rings. The molecule has 16 nitrogen and oxygen atoms in total. The molecule has 3 unspecified atom stereocenters. The monoisotopic (exact) mass is 936 g/mol. The number of benzene rings is 4. The molecule has 4 saturated heterocycles. The minimum absolute atomic E-state index is 0.0339. The molecule has 4 aliphatic heterocycles. The Hall–Kier alpha value is -6.16. The summed E-state index contributed by atoms with van der Waals surface area (Å²) in [6.45, 7) is 6.19. The first-order valence-corrected chi connectivity index (χ1v) is 24.7. The normalized spacial score (nSPS) is 23.5. The van der Waals surface area contributed by atoms with Crippen LogP contribution in [0, 0.1) is 6.92 Å². The number of carbonyl (C=O) groups is 5. The van der Waals surface area contributed by atoms with Gasteiger partial charge in [0.15, 0.2) is 11.3 Å². The summed E-state index contributed by atoms with van der Waals surface area (Å²) in [6.07, 6.45) is 3.64. The maximum atomic E-state index is 16.8. The van der Waals surface area contributed by atoms with Crippen molar-refractivity contribution in [1.29, 1.82) is 0 Å². The first-order chi connectivity index (χ1) is 32.3. The zero-order chi connectivity index (χ0) is 47.0. The Labute approximate surface area is 386 Å². The summed E-state index contributed by atoms with van der Waals surface area (Å²) in [5, 5.41) is 11.2. The lowest BCUT2D eigenvalue weighted by Gasteiger charge is -2.40. The van der Waals surface area contributed by atoms with Gasteiger partial charge in [0, 0.05) is 31.2 Å². The van der Waals surface area contributed by atoms with E-state index < -0.39 is 55.2 Å². The average molecular weight is 937 g/mol. The number of hydrogen-bond acceptors (Lipinski definition) is 11. The van der Waals surface area contributed by atoms with Crippen LogP contribution in [0.15, 0.2) is 89.5 Å². The van der Waals surface area contributed by atoms with Gasteiger partial charge in [-0.1, -0.05) is 60.1 Å². The van der Waals surface area contributed by atoms with E-state index in [0.29, 0.717) is 60.5 Å². The molecular formula is C49H54FN6O10P. The summed E-state index contributed by atoms with van der Waals surface area (Å²) >= 11 is 0. The molecule has 2 N–H and O–H groups in total. The fraction of sp³-hybridized carbons (Fsp3) is 0.429. The standard InChI is InChI=1S/C49H54FN6O10P/c1-4-22-63-49(61)30(3)53-67(62,66-36-8-6-5-7-9-36)44(50)32-13-11-31-12-14-33(25-34(31)24-32)45(57)51-40-28-54(48(60)43-39-23-29(2)10-19-42(39)65-52-43)21-20-35-15-18-41(56(35)46(40)58)47(59)55-26-37-16-17-38(27-55)64-37/h5-14,19,23-25,30,35,37-38,40-41,44H,4,15-18,20-22,26-28H2,1-3H3,(H,51,57)(H,53,62)/t30-,35+,37?,38?,40-,41-,44+,67?/m0/s1. The lowest BCUT2D eigenvalue weighted by Crippen LogP contribution is -2.62. The second-order valence-electron chi connectivity index (χ2n) is 18.0. The van der Waals surface area contributed by atoms with E-state index in [-0.39, 0.29) is 66.4 Å². The number of likely N-dealkylation sites (tertiary alicyclic amines) is 1. The highest BCUT2D eigenvalue weighted by Crippen LogP contribution is 2.58. The maximum absolute atomic E-state index is 16.8. The molecule has 5 heterocycles. The zero-order valence-electron chi connectivity index (χ0n) is 37.6. The number of amides is 4. The van der Waals surface area contributed by atoms with E-state index in [2.05, 4.69) is 15.6 Å². The number of fused-ring (bicyclic) bond motifs is 5. The number of halogens is 1. The molecule has 18 heteroatoms. The Morgan fingerprint density at radius 2 is 1.66 bits per heavy atom. The van der Waals surface area contributed by atoms with Crippen molar-refractivity contribution in [3.05, 3.63) is 107 Å². The Morgan fingerprint density at radius 1 is 0.896 bits per heavy atom. The number of aryl methyl sites for hydroxylation is 1. The van der Waals surface area contributed by atoms with Gasteiger partial charge in [-0.25, -0.2) is 9.48 Å². The zero-order valence-corrected chi connectivity index (χ0v) is 38.5. The van der Waals surface area contributed by atoms with Gasteiger partial charge < -0.3 is 38.5 Å². The van der Waals surface area contributed by atoms with E-state index in [4.69, 9.17) is 18.5 Å². The second-order valence-corrected chi connectivity index (χ2v) is 20.1. The molecule has 0 radical (unpaired) electrons. The highest BCUT2D eigenvalue weighted by molar-refractivity contribution is 7.57. The maximum Gasteiger partial charge on any atom is 0.355 e. The molecule has 8 atom stereocenters. The van der Waals surface area contributed by atoms with Gasteiger partial charge in [-0.05, 0) is 111 Å². The van der Waals surface area contributed by atoms with Crippen molar-refractivity contribution in [1.82, 2.24) is 30.3 Å². The molecule has 4 aliphatic rings. The Kier molecular flexibility index (Phi) is 13.2. The third-order valence-electron chi connectivity index (χ3n) is 13.1. The molecule has 67 heavy (non-hydrogen) atoms. The number of nitrogens with zero attached hydrogens (tertiary/aromatic N) is 4. The number of morpholine rings is 1. The summed E-state index contributed by atoms with van der Waals surface area (Å²) < 4.78 is 53.8. The Morgan fingerprint density at radius 3 is 2.42 bits per heavy atom. The molecule has 0 saturated carbocycles. The number of nitrogens with one attached hydrogen (secondary N) is 2. The van der Waals surface area contributed by atoms with Gasteiger partial charge in [-0.15, -0.1) is 0 Å². The van der Waals surface area contributed by atoms with Crippen LogP contribution in [0.3, 0.4) is 0 Å². The number of hydrogen-bond donors (Lipinski definition) is 2. The van der Waals surface area contributed by atoms with E-state index in [1.165, 1.54) is 42.2 Å². The molecule has 0 spiro atoms. The van der Waals surface area contributed by atoms with Crippen LogP contribution >= 0.6 is 7.52 Å². The van der Waals surface area contributed by atoms with Gasteiger partial charge in [-0.3, -0.25) is 28.5 Å². The van der Waals surface area contributed by atoms with Gasteiger partial charge in [0.25, 0.3) is 11.8 Å². The summed E-state index contributed by atoms with van der Waals surface area (Å²) in [5.41, 5.74) is 1.50. The van der Waals surface area contributed by atoms with Crippen molar-refractivity contribution in [3.8, 4) is 5.75 Å². The van der Waals surface area contributed by atoms with E-state index in [0.717, 1.165) is 18.4 Å². The molecule has 4 amide bonds. The average Bonchev–Trinajstić information content (AvgIpc) is 4.05. The van der Waals surface area contributed by atoms with Gasteiger partial charge in [0.05, 0.1) is 30.7 Å². The van der Waals surface area contributed by atoms with Crippen LogP contribution in [0.5, 0.6) is 5.75 Å². The van der Waals surface area contributed by atoms with E-state index in [1.54, 1.807) is 47.4 Å². The number of rotatable bonds is 13. The van der Waals surface area contributed by atoms with Crippen LogP contribution in [0.25, 0.3) is 21.7 Å². The Balaban J connectivity index is 1.000. The Bertz CT molecular complexity index is 2740. The number of alkyl halides is 1. The predicted octanol–water partition coefficient (Wildman–Crippen LogP) is 6.85. The van der Waals surface area contributed by atoms with Crippen molar-refractivity contribution in [3.63, 3.8) is 0 Å². The van der Waals surface area contributed by atoms with Crippen LogP contribution in [0.4, 0.5) is 4.39 Å². The quantitative estimate of drug-likeness (QED) is 0.0924. The summed E-state index contributed by atoms with van der Waals surface area (Å²) in [5.74, 6) is -4.61. The third kappa shape index (κ3) is 9.54. The fourth-order valence-corrected chi connectivity index (χ4v) is 11.6. The summed E-state index contributed by atoms with van der Waals surface area (Å²) in [7, 11) is -4.54. The van der Waals surface area contributed by atoms with Crippen LogP contribution in [0.2, 0.25) is 0 Å². The molecule has 4 aromatic carbocycles. The number of aromatic nitrogens is 1. The van der Waals surface area contributed by atoms with E-state index in [1.807, 2.05) is 30.9 Å². The molecule has 9 rings (SSSR count). The molecular weight excluding hydrogens is 883 g/mol. The number of carbonyl (C=O) groups excluding carboxylic acids is 5. The third-order valence-corrected chi connectivity index (χ3v) is 15.2. The highest BCUT2D eigenvalue weighted by atomic mass is 31.2. The highest BCUT2D eigenvalue weighted by Gasteiger charge is 2.48. The van der Waals surface area contributed by atoms with Crippen LogP contribution in [0.1, 0.15) is 90.3 Å². The van der Waals surface area contributed by atoms with Crippen LogP contribution < -0.4 is 14.9 Å². The molecule has 1 aromatic heterocycles. The second kappa shape index (κ2) is 19.2. The van der Waals surface area contributed by atoms with Crippen molar-refractivity contribution in [2.24, 2.45) is 0 Å². The minimum atomic E-state index is -4.54. The molecule has 2 bridgehead atoms. The SMILES string of the molecule is CCCOC(=O)[C@H](C)NP(=O)(Oc1ccccc1)[C@@H](F)c1ccc2ccc(C(=O)N[C@H]3CN(C(=O)c4noc5ccc(C)cc45)CC[C@H]4CC[C@@H](C(=O)N5CC6CCC(C5)O6)N4C3=O)cc2c1. The smallest absolute Gasteiger partial charge is 0.355 e. The molecule has 0 aliphatic carbocycles. The van der Waals surface area contributed by atoms with Gasteiger partial charge in [-0.2, -0.15) is 0 Å². The lowest BCUT2D eigenvalue weighted by molar-refractivity contribution is -0.152. The van der Waals surface area contributed by atoms with Crippen molar-refractivity contribution < 1.29 is 51.4 Å². The molecule has 5 aromatic rings. The minimum Gasteiger partial charge on any atom is -0.465 e. The molecule has 352 valence electrons. The number of para-hydroxylation sites is 1. The topological polar surface area (TPSA) is 190 Å². The van der Waals surface area contributed by atoms with Gasteiger partial charge >= 0.3 is 13.5 Å². The number of ether oxygens (including phenoxy) is 2. The van der Waals surface area contributed by atoms with Crippen molar-refractivity contribution >= 4 is 58.9 Å². The largest absolute Gasteiger partial charge is 0.465 e. The van der Waals surface area contributed by atoms with Crippen LogP contribution in [-0.2, 0) is 28.4 Å². The number of esters is 1. The van der Waals surface area contributed by atoms with Crippen LogP contribution in [-0.4, -0.2) is 119 Å². The fourth-order valence-electron chi connectivity index (χ4n) is 9.69. The van der Waals surface area contributed by atoms with Gasteiger partial charge in [0.2, 0.25) is 17.7 Å². The summed E-state index contributed by atoms with van der Waals surface area (Å²) in [6, 6.07) is 19.2. The lowest BCUT2D eigenvalue weighted by atomic mass is 10.0. The van der Waals surface area contributed by atoms with Crippen molar-refractivity contribution in [2.45, 2.75) is 102 Å². The predicted molar refractivity (Wildman–Crippen MR) is 245 cm³/mol. The van der Waals surface area contributed by atoms with E-state index in [9.17, 15) is 28.5 Å². The first-order valence-electron chi connectivity index (χ1n) is 23.0. The van der Waals surface area contributed by atoms with E-state index >= 15 is 4.39 Å². The summed E-state index contributed by atoms with van der Waals surface area (Å²) in [4.78, 5) is 75.6. The first kappa shape index (κ1) is 46.0. The van der Waals surface area contributed by atoms with Gasteiger partial charge in [0.1, 0.15) is 23.9 Å².